The highest BCUT2D eigenvalue weighted by molar-refractivity contribution is 5.59. The lowest BCUT2D eigenvalue weighted by Gasteiger charge is -2.31. The van der Waals surface area contributed by atoms with Crippen molar-refractivity contribution in [2.45, 2.75) is 44.8 Å². The Kier molecular flexibility index (Phi) is 3.17. The number of anilines is 1. The van der Waals surface area contributed by atoms with E-state index in [-0.39, 0.29) is 12.1 Å². The van der Waals surface area contributed by atoms with Crippen LogP contribution in [0, 0.1) is 0 Å². The van der Waals surface area contributed by atoms with Crippen LogP contribution in [-0.2, 0) is 19.1 Å². The van der Waals surface area contributed by atoms with E-state index in [2.05, 4.69) is 0 Å². The zero-order valence-corrected chi connectivity index (χ0v) is 10.8. The number of nitrogens with zero attached hydrogens (tertiary/aromatic N) is 2. The van der Waals surface area contributed by atoms with Gasteiger partial charge in [0.05, 0.1) is 5.56 Å². The molecule has 0 atom stereocenters. The highest BCUT2D eigenvalue weighted by Gasteiger charge is 2.45. The van der Waals surface area contributed by atoms with E-state index in [0.29, 0.717) is 38.2 Å². The first-order chi connectivity index (χ1) is 9.41. The zero-order valence-electron chi connectivity index (χ0n) is 10.8. The van der Waals surface area contributed by atoms with Crippen molar-refractivity contribution in [3.05, 3.63) is 16.8 Å². The number of hydrogen-bond donors (Lipinski definition) is 0. The van der Waals surface area contributed by atoms with Gasteiger partial charge in [-0.3, -0.25) is 0 Å². The highest BCUT2D eigenvalue weighted by atomic mass is 19.4. The first kappa shape index (κ1) is 13.7. The summed E-state index contributed by atoms with van der Waals surface area (Å²) in [6.07, 6.45) is -5.46. The maximum Gasteiger partial charge on any atom is 0.431 e. The smallest absolute Gasteiger partial charge is 0.358 e. The van der Waals surface area contributed by atoms with E-state index >= 15 is 0 Å². The van der Waals surface area contributed by atoms with Crippen LogP contribution < -0.4 is 4.90 Å². The molecule has 7 heteroatoms. The largest absolute Gasteiger partial charge is 0.431 e. The molecule has 0 aromatic carbocycles. The molecule has 0 saturated heterocycles. The third-order valence-electron chi connectivity index (χ3n) is 4.08. The fourth-order valence-corrected chi connectivity index (χ4v) is 3.39. The first-order valence-corrected chi connectivity index (χ1v) is 6.77. The average molecular weight is 294 g/mol. The van der Waals surface area contributed by atoms with E-state index in [1.807, 2.05) is 4.90 Å². The SMILES string of the molecule is FC(F)c1c2c3n(c1C(F)(F)F)CCCN3CCCC2. The first-order valence-electron chi connectivity index (χ1n) is 6.77. The molecule has 3 heterocycles. The molecule has 0 saturated carbocycles. The van der Waals surface area contributed by atoms with Gasteiger partial charge in [0, 0.05) is 25.2 Å². The standard InChI is InChI=1S/C13H15F5N2/c14-11(15)9-8-4-1-2-5-19-6-3-7-20(12(8)19)10(9)13(16,17)18/h11H,1-7H2. The second kappa shape index (κ2) is 4.63. The molecule has 2 nitrogen and oxygen atoms in total. The van der Waals surface area contributed by atoms with Crippen molar-refractivity contribution in [2.75, 3.05) is 18.0 Å². The molecule has 1 aromatic rings. The second-order valence-corrected chi connectivity index (χ2v) is 5.31. The van der Waals surface area contributed by atoms with Gasteiger partial charge in [-0.1, -0.05) is 0 Å². The average Bonchev–Trinajstić information content (AvgIpc) is 2.54. The lowest BCUT2D eigenvalue weighted by molar-refractivity contribution is -0.145. The Morgan fingerprint density at radius 1 is 0.950 bits per heavy atom. The Hall–Kier alpha value is -1.27. The van der Waals surface area contributed by atoms with Crippen LogP contribution in [0.25, 0.3) is 0 Å². The maximum atomic E-state index is 13.2. The third-order valence-corrected chi connectivity index (χ3v) is 4.08. The van der Waals surface area contributed by atoms with Gasteiger partial charge in [0.25, 0.3) is 6.43 Å². The fraction of sp³-hybridized carbons (Fsp3) is 0.692. The molecule has 0 bridgehead atoms. The lowest BCUT2D eigenvalue weighted by atomic mass is 10.1. The number of halogens is 5. The Balaban J connectivity index is 2.28. The van der Waals surface area contributed by atoms with Crippen molar-refractivity contribution in [3.8, 4) is 0 Å². The molecule has 2 aliphatic heterocycles. The van der Waals surface area contributed by atoms with Crippen LogP contribution in [0.3, 0.4) is 0 Å². The second-order valence-electron chi connectivity index (χ2n) is 5.31. The van der Waals surface area contributed by atoms with Crippen LogP contribution >= 0.6 is 0 Å². The maximum absolute atomic E-state index is 13.2. The summed E-state index contributed by atoms with van der Waals surface area (Å²) in [5, 5.41) is 0. The minimum absolute atomic E-state index is 0.167. The molecule has 112 valence electrons. The van der Waals surface area contributed by atoms with Gasteiger partial charge in [0.2, 0.25) is 0 Å². The molecule has 2 aliphatic rings. The third kappa shape index (κ3) is 1.98. The molecule has 0 radical (unpaired) electrons. The number of alkyl halides is 5. The van der Waals surface area contributed by atoms with Crippen LogP contribution in [0.2, 0.25) is 0 Å². The van der Waals surface area contributed by atoms with Gasteiger partial charge in [-0.2, -0.15) is 13.2 Å². The van der Waals surface area contributed by atoms with Gasteiger partial charge in [0.1, 0.15) is 11.5 Å². The van der Waals surface area contributed by atoms with Crippen molar-refractivity contribution in [2.24, 2.45) is 0 Å². The van der Waals surface area contributed by atoms with Crippen LogP contribution in [-0.4, -0.2) is 17.7 Å². The highest BCUT2D eigenvalue weighted by Crippen LogP contribution is 2.46. The van der Waals surface area contributed by atoms with E-state index in [1.54, 1.807) is 0 Å². The van der Waals surface area contributed by atoms with Gasteiger partial charge < -0.3 is 9.47 Å². The predicted molar refractivity (Wildman–Crippen MR) is 64.2 cm³/mol. The van der Waals surface area contributed by atoms with Crippen molar-refractivity contribution in [3.63, 3.8) is 0 Å². The van der Waals surface area contributed by atoms with Crippen LogP contribution in [0.1, 0.15) is 42.5 Å². The summed E-state index contributed by atoms with van der Waals surface area (Å²) in [6, 6.07) is 0. The summed E-state index contributed by atoms with van der Waals surface area (Å²) >= 11 is 0. The molecule has 0 spiro atoms. The van der Waals surface area contributed by atoms with Crippen LogP contribution in [0.5, 0.6) is 0 Å². The van der Waals surface area contributed by atoms with Gasteiger partial charge in [-0.15, -0.1) is 0 Å². The normalized spacial score (nSPS) is 19.2. The molecular formula is C13H15F5N2. The molecule has 20 heavy (non-hydrogen) atoms. The summed E-state index contributed by atoms with van der Waals surface area (Å²) in [4.78, 5) is 1.84. The van der Waals surface area contributed by atoms with E-state index in [9.17, 15) is 22.0 Å². The Morgan fingerprint density at radius 3 is 2.30 bits per heavy atom. The zero-order chi connectivity index (χ0) is 14.5. The molecule has 1 aromatic heterocycles. The van der Waals surface area contributed by atoms with Crippen LogP contribution in [0.4, 0.5) is 27.8 Å². The van der Waals surface area contributed by atoms with E-state index < -0.39 is 23.9 Å². The predicted octanol–water partition coefficient (Wildman–Crippen LogP) is 3.99. The monoisotopic (exact) mass is 294 g/mol. The summed E-state index contributed by atoms with van der Waals surface area (Å²) in [5.41, 5.74) is -1.71. The van der Waals surface area contributed by atoms with Crippen LogP contribution in [0.15, 0.2) is 0 Å². The number of hydrogen-bond acceptors (Lipinski definition) is 1. The van der Waals surface area contributed by atoms with E-state index in [4.69, 9.17) is 0 Å². The summed E-state index contributed by atoms with van der Waals surface area (Å²) in [5.74, 6) is 0.386. The minimum atomic E-state index is -4.74. The van der Waals surface area contributed by atoms with Gasteiger partial charge in [-0.25, -0.2) is 8.78 Å². The number of rotatable bonds is 1. The van der Waals surface area contributed by atoms with E-state index in [1.165, 1.54) is 0 Å². The molecule has 0 fully saturated rings. The molecule has 0 amide bonds. The van der Waals surface area contributed by atoms with Gasteiger partial charge in [-0.05, 0) is 25.7 Å². The van der Waals surface area contributed by atoms with Crippen molar-refractivity contribution < 1.29 is 22.0 Å². The molecule has 3 rings (SSSR count). The van der Waals surface area contributed by atoms with Gasteiger partial charge >= 0.3 is 6.18 Å². The molecule has 0 aliphatic carbocycles. The van der Waals surface area contributed by atoms with Crippen molar-refractivity contribution in [1.29, 1.82) is 0 Å². The topological polar surface area (TPSA) is 8.17 Å². The fourth-order valence-electron chi connectivity index (χ4n) is 3.39. The Morgan fingerprint density at radius 2 is 1.65 bits per heavy atom. The summed E-state index contributed by atoms with van der Waals surface area (Å²) < 4.78 is 67.2. The molecule has 0 unspecified atom stereocenters. The van der Waals surface area contributed by atoms with E-state index in [0.717, 1.165) is 11.0 Å². The number of aromatic nitrogens is 1. The van der Waals surface area contributed by atoms with Gasteiger partial charge in [0.15, 0.2) is 0 Å². The quantitative estimate of drug-likeness (QED) is 0.711. The Bertz CT molecular complexity index is 518. The van der Waals surface area contributed by atoms with Crippen molar-refractivity contribution >= 4 is 5.82 Å². The summed E-state index contributed by atoms with van der Waals surface area (Å²) in [7, 11) is 0. The lowest BCUT2D eigenvalue weighted by Crippen LogP contribution is -2.33. The summed E-state index contributed by atoms with van der Waals surface area (Å²) in [6.45, 7) is 1.47. The molecular weight excluding hydrogens is 279 g/mol. The molecule has 0 N–H and O–H groups in total. The Labute approximate surface area is 113 Å². The van der Waals surface area contributed by atoms with Crippen molar-refractivity contribution in [1.82, 2.24) is 4.57 Å². The minimum Gasteiger partial charge on any atom is -0.358 e.